The first-order valence-electron chi connectivity index (χ1n) is 5.35. The van der Waals surface area contributed by atoms with Gasteiger partial charge in [0, 0.05) is 16.9 Å². The van der Waals surface area contributed by atoms with Gasteiger partial charge in [0.15, 0.2) is 5.69 Å². The zero-order valence-corrected chi connectivity index (χ0v) is 10.5. The number of carbonyl (C=O) groups excluding carboxylic acids is 1. The number of halogens is 1. The van der Waals surface area contributed by atoms with E-state index < -0.39 is 5.97 Å². The summed E-state index contributed by atoms with van der Waals surface area (Å²) < 4.78 is 1.40. The number of aromatic carboxylic acids is 1. The molecule has 0 bridgehead atoms. The molecule has 0 unspecified atom stereocenters. The monoisotopic (exact) mass is 279 g/mol. The standard InChI is InChI=1S/C12H10ClN3O3/c13-8-1-3-9(4-2-8)15-11(17)6-16-5-10(12(18)19)14-7-16/h1-5,7H,6H2,(H,15,17)(H,18,19). The quantitative estimate of drug-likeness (QED) is 0.895. The average molecular weight is 280 g/mol. The first kappa shape index (κ1) is 13.1. The maximum atomic E-state index is 11.7. The van der Waals surface area contributed by atoms with Crippen molar-refractivity contribution in [3.05, 3.63) is 47.5 Å². The van der Waals surface area contributed by atoms with Crippen molar-refractivity contribution in [2.75, 3.05) is 5.32 Å². The Morgan fingerprint density at radius 3 is 2.58 bits per heavy atom. The van der Waals surface area contributed by atoms with Gasteiger partial charge in [-0.05, 0) is 24.3 Å². The fraction of sp³-hybridized carbons (Fsp3) is 0.0833. The third-order valence-electron chi connectivity index (χ3n) is 2.31. The molecule has 0 atom stereocenters. The number of hydrogen-bond acceptors (Lipinski definition) is 3. The van der Waals surface area contributed by atoms with Crippen LogP contribution in [0.2, 0.25) is 5.02 Å². The highest BCUT2D eigenvalue weighted by Crippen LogP contribution is 2.13. The van der Waals surface area contributed by atoms with Gasteiger partial charge in [0.25, 0.3) is 0 Å². The number of nitrogens with zero attached hydrogens (tertiary/aromatic N) is 2. The van der Waals surface area contributed by atoms with Gasteiger partial charge in [0.05, 0.1) is 6.33 Å². The minimum absolute atomic E-state index is 0.0110. The number of carboxylic acids is 1. The van der Waals surface area contributed by atoms with Crippen LogP contribution in [-0.2, 0) is 11.3 Å². The maximum Gasteiger partial charge on any atom is 0.356 e. The molecule has 0 saturated carbocycles. The van der Waals surface area contributed by atoms with E-state index in [0.717, 1.165) is 0 Å². The Hall–Kier alpha value is -2.34. The van der Waals surface area contributed by atoms with E-state index in [9.17, 15) is 9.59 Å². The lowest BCUT2D eigenvalue weighted by atomic mass is 10.3. The van der Waals surface area contributed by atoms with Gasteiger partial charge in [-0.2, -0.15) is 0 Å². The second-order valence-corrected chi connectivity index (χ2v) is 4.23. The van der Waals surface area contributed by atoms with Crippen molar-refractivity contribution in [3.8, 4) is 0 Å². The fourth-order valence-corrected chi connectivity index (χ4v) is 1.58. The Labute approximate surface area is 113 Å². The number of benzene rings is 1. The number of carbonyl (C=O) groups is 2. The molecule has 0 aliphatic heterocycles. The van der Waals surface area contributed by atoms with Crippen molar-refractivity contribution in [1.82, 2.24) is 9.55 Å². The molecule has 19 heavy (non-hydrogen) atoms. The van der Waals surface area contributed by atoms with Crippen LogP contribution in [0.3, 0.4) is 0 Å². The van der Waals surface area contributed by atoms with Crippen molar-refractivity contribution in [2.24, 2.45) is 0 Å². The van der Waals surface area contributed by atoms with Gasteiger partial charge in [0.2, 0.25) is 5.91 Å². The van der Waals surface area contributed by atoms with Crippen LogP contribution in [-0.4, -0.2) is 26.5 Å². The van der Waals surface area contributed by atoms with Gasteiger partial charge in [0.1, 0.15) is 6.54 Å². The van der Waals surface area contributed by atoms with E-state index in [0.29, 0.717) is 10.7 Å². The Kier molecular flexibility index (Phi) is 3.82. The molecule has 1 aromatic heterocycles. The number of nitrogens with one attached hydrogen (secondary N) is 1. The van der Waals surface area contributed by atoms with Crippen LogP contribution in [0, 0.1) is 0 Å². The van der Waals surface area contributed by atoms with Crippen LogP contribution >= 0.6 is 11.6 Å². The van der Waals surface area contributed by atoms with Gasteiger partial charge in [-0.3, -0.25) is 4.79 Å². The Morgan fingerprint density at radius 2 is 2.00 bits per heavy atom. The van der Waals surface area contributed by atoms with Crippen LogP contribution in [0.1, 0.15) is 10.5 Å². The third-order valence-corrected chi connectivity index (χ3v) is 2.56. The Balaban J connectivity index is 1.97. The number of aromatic nitrogens is 2. The molecular formula is C12H10ClN3O3. The number of anilines is 1. The largest absolute Gasteiger partial charge is 0.476 e. The highest BCUT2D eigenvalue weighted by Gasteiger charge is 2.09. The minimum Gasteiger partial charge on any atom is -0.476 e. The summed E-state index contributed by atoms with van der Waals surface area (Å²) in [5.74, 6) is -1.41. The first-order chi connectivity index (χ1) is 9.04. The molecule has 2 rings (SSSR count). The zero-order chi connectivity index (χ0) is 13.8. The zero-order valence-electron chi connectivity index (χ0n) is 9.71. The Morgan fingerprint density at radius 1 is 1.32 bits per heavy atom. The second-order valence-electron chi connectivity index (χ2n) is 3.79. The van der Waals surface area contributed by atoms with E-state index in [-0.39, 0.29) is 18.1 Å². The molecule has 1 heterocycles. The predicted octanol–water partition coefficient (Wildman–Crippen LogP) is 1.87. The SMILES string of the molecule is O=C(Cn1cnc(C(=O)O)c1)Nc1ccc(Cl)cc1. The van der Waals surface area contributed by atoms with Crippen molar-refractivity contribution >= 4 is 29.2 Å². The lowest BCUT2D eigenvalue weighted by Gasteiger charge is -2.05. The van der Waals surface area contributed by atoms with Crippen molar-refractivity contribution in [1.29, 1.82) is 0 Å². The summed E-state index contributed by atoms with van der Waals surface area (Å²) in [6.07, 6.45) is 2.59. The molecule has 2 aromatic rings. The molecule has 98 valence electrons. The third kappa shape index (κ3) is 3.56. The van der Waals surface area contributed by atoms with Gasteiger partial charge in [-0.1, -0.05) is 11.6 Å². The first-order valence-corrected chi connectivity index (χ1v) is 5.73. The molecule has 7 heteroatoms. The van der Waals surface area contributed by atoms with Crippen molar-refractivity contribution in [3.63, 3.8) is 0 Å². The predicted molar refractivity (Wildman–Crippen MR) is 69.3 cm³/mol. The maximum absolute atomic E-state index is 11.7. The van der Waals surface area contributed by atoms with Crippen LogP contribution in [0.4, 0.5) is 5.69 Å². The number of amides is 1. The van der Waals surface area contributed by atoms with Crippen LogP contribution in [0.25, 0.3) is 0 Å². The van der Waals surface area contributed by atoms with E-state index in [1.807, 2.05) is 0 Å². The summed E-state index contributed by atoms with van der Waals surface area (Å²) in [5.41, 5.74) is 0.521. The normalized spacial score (nSPS) is 10.2. The summed E-state index contributed by atoms with van der Waals surface area (Å²) in [6, 6.07) is 6.68. The highest BCUT2D eigenvalue weighted by molar-refractivity contribution is 6.30. The molecule has 0 aliphatic rings. The number of hydrogen-bond donors (Lipinski definition) is 2. The molecule has 2 N–H and O–H groups in total. The average Bonchev–Trinajstić information content (AvgIpc) is 2.80. The summed E-state index contributed by atoms with van der Waals surface area (Å²) in [5, 5.41) is 11.9. The highest BCUT2D eigenvalue weighted by atomic mass is 35.5. The van der Waals surface area contributed by atoms with Crippen molar-refractivity contribution in [2.45, 2.75) is 6.54 Å². The van der Waals surface area contributed by atoms with E-state index in [1.54, 1.807) is 24.3 Å². The second kappa shape index (κ2) is 5.53. The number of imidazole rings is 1. The molecule has 0 spiro atoms. The minimum atomic E-state index is -1.13. The topological polar surface area (TPSA) is 84.2 Å². The summed E-state index contributed by atoms with van der Waals surface area (Å²) in [4.78, 5) is 26.0. The molecule has 0 saturated heterocycles. The lowest BCUT2D eigenvalue weighted by Crippen LogP contribution is -2.17. The van der Waals surface area contributed by atoms with E-state index in [1.165, 1.54) is 17.1 Å². The van der Waals surface area contributed by atoms with Gasteiger partial charge < -0.3 is 15.0 Å². The van der Waals surface area contributed by atoms with E-state index in [4.69, 9.17) is 16.7 Å². The molecule has 1 amide bonds. The van der Waals surface area contributed by atoms with Gasteiger partial charge >= 0.3 is 5.97 Å². The molecular weight excluding hydrogens is 270 g/mol. The van der Waals surface area contributed by atoms with E-state index in [2.05, 4.69) is 10.3 Å². The van der Waals surface area contributed by atoms with Crippen LogP contribution in [0.15, 0.2) is 36.8 Å². The van der Waals surface area contributed by atoms with Crippen LogP contribution in [0.5, 0.6) is 0 Å². The summed E-state index contributed by atoms with van der Waals surface area (Å²) in [7, 11) is 0. The molecule has 0 aliphatic carbocycles. The Bertz CT molecular complexity index is 607. The summed E-state index contributed by atoms with van der Waals surface area (Å²) in [6.45, 7) is -0.0110. The fourth-order valence-electron chi connectivity index (χ4n) is 1.46. The van der Waals surface area contributed by atoms with Crippen molar-refractivity contribution < 1.29 is 14.7 Å². The van der Waals surface area contributed by atoms with E-state index >= 15 is 0 Å². The van der Waals surface area contributed by atoms with Crippen LogP contribution < -0.4 is 5.32 Å². The smallest absolute Gasteiger partial charge is 0.356 e. The molecule has 0 fully saturated rings. The molecule has 6 nitrogen and oxygen atoms in total. The molecule has 0 radical (unpaired) electrons. The number of carboxylic acid groups (broad SMARTS) is 1. The van der Waals surface area contributed by atoms with Gasteiger partial charge in [-0.15, -0.1) is 0 Å². The number of rotatable bonds is 4. The lowest BCUT2D eigenvalue weighted by molar-refractivity contribution is -0.116. The summed E-state index contributed by atoms with van der Waals surface area (Å²) >= 11 is 5.73. The van der Waals surface area contributed by atoms with Gasteiger partial charge in [-0.25, -0.2) is 9.78 Å². The molecule has 1 aromatic carbocycles.